The molecule has 0 saturated carbocycles. The van der Waals surface area contributed by atoms with Crippen LogP contribution >= 0.6 is 0 Å². The number of ether oxygens (including phenoxy) is 3. The Morgan fingerprint density at radius 2 is 0.565 bits per heavy atom. The van der Waals surface area contributed by atoms with E-state index in [9.17, 15) is 14.4 Å². The van der Waals surface area contributed by atoms with E-state index in [4.69, 9.17) is 14.2 Å². The van der Waals surface area contributed by atoms with E-state index in [-0.39, 0.29) is 31.1 Å². The predicted octanol–water partition coefficient (Wildman–Crippen LogP) is 19.8. The third-order valence-electron chi connectivity index (χ3n) is 12.7. The molecule has 1 unspecified atom stereocenters. The molecule has 0 aliphatic heterocycles. The van der Waals surface area contributed by atoms with E-state index in [1.165, 1.54) is 148 Å². The van der Waals surface area contributed by atoms with Crippen LogP contribution in [0.25, 0.3) is 0 Å². The number of carbonyl (C=O) groups is 3. The van der Waals surface area contributed by atoms with Gasteiger partial charge in [-0.3, -0.25) is 14.4 Å². The molecule has 0 amide bonds. The lowest BCUT2D eigenvalue weighted by Crippen LogP contribution is -2.30. The van der Waals surface area contributed by atoms with Gasteiger partial charge in [0.2, 0.25) is 0 Å². The van der Waals surface area contributed by atoms with Gasteiger partial charge in [0.1, 0.15) is 13.2 Å². The smallest absolute Gasteiger partial charge is 0.306 e. The molecule has 0 aliphatic carbocycles. The Kier molecular flexibility index (Phi) is 54.8. The number of unbranched alkanes of at least 4 members (excludes halogenated alkanes) is 30. The largest absolute Gasteiger partial charge is 0.462 e. The summed E-state index contributed by atoms with van der Waals surface area (Å²) in [5.41, 5.74) is 0. The van der Waals surface area contributed by atoms with Crippen molar-refractivity contribution in [3.63, 3.8) is 0 Å². The van der Waals surface area contributed by atoms with Crippen molar-refractivity contribution in [2.45, 2.75) is 297 Å². The molecule has 0 aromatic rings. The van der Waals surface area contributed by atoms with E-state index >= 15 is 0 Å². The average Bonchev–Trinajstić information content (AvgIpc) is 3.35. The van der Waals surface area contributed by atoms with Gasteiger partial charge in [-0.15, -0.1) is 0 Å². The van der Waals surface area contributed by atoms with Gasteiger partial charge in [0, 0.05) is 19.3 Å². The van der Waals surface area contributed by atoms with E-state index in [0.717, 1.165) is 103 Å². The van der Waals surface area contributed by atoms with Crippen LogP contribution in [0.2, 0.25) is 0 Å². The van der Waals surface area contributed by atoms with Gasteiger partial charge in [0.15, 0.2) is 6.10 Å². The summed E-state index contributed by atoms with van der Waals surface area (Å²) in [6.07, 6.45) is 73.8. The van der Waals surface area contributed by atoms with Crippen molar-refractivity contribution < 1.29 is 28.6 Å². The Hall–Kier alpha value is -3.15. The molecule has 69 heavy (non-hydrogen) atoms. The zero-order valence-corrected chi connectivity index (χ0v) is 45.6. The monoisotopic (exact) mass is 963 g/mol. The zero-order valence-electron chi connectivity index (χ0n) is 45.6. The molecule has 0 aromatic heterocycles. The lowest BCUT2D eigenvalue weighted by molar-refractivity contribution is -0.167. The average molecular weight is 964 g/mol. The lowest BCUT2D eigenvalue weighted by atomic mass is 10.0. The summed E-state index contributed by atoms with van der Waals surface area (Å²) < 4.78 is 16.7. The first-order valence-corrected chi connectivity index (χ1v) is 29.4. The highest BCUT2D eigenvalue weighted by molar-refractivity contribution is 5.71. The van der Waals surface area contributed by atoms with Crippen molar-refractivity contribution in [3.05, 3.63) is 72.9 Å². The molecule has 0 spiro atoms. The Balaban J connectivity index is 3.98. The lowest BCUT2D eigenvalue weighted by Gasteiger charge is -2.18. The summed E-state index contributed by atoms with van der Waals surface area (Å²) in [4.78, 5) is 37.8. The van der Waals surface area contributed by atoms with Crippen LogP contribution in [-0.4, -0.2) is 37.2 Å². The van der Waals surface area contributed by atoms with E-state index in [0.29, 0.717) is 19.3 Å². The Morgan fingerprint density at radius 3 is 0.899 bits per heavy atom. The fourth-order valence-corrected chi connectivity index (χ4v) is 8.29. The van der Waals surface area contributed by atoms with Crippen LogP contribution in [0.4, 0.5) is 0 Å². The van der Waals surface area contributed by atoms with Crippen molar-refractivity contribution in [2.24, 2.45) is 0 Å². The van der Waals surface area contributed by atoms with Crippen molar-refractivity contribution in [3.8, 4) is 0 Å². The van der Waals surface area contributed by atoms with Gasteiger partial charge in [0.05, 0.1) is 0 Å². The molecule has 398 valence electrons. The SMILES string of the molecule is CC/C=C\C/C=C\C/C=C\C/C=C\C/C=C\CCCCCCCCCCCCCCCCCC(=O)OCC(COC(=O)CCCCCCC)OC(=O)CCCCCCC/C=C\CCCCCCCC. The minimum atomic E-state index is -0.773. The third kappa shape index (κ3) is 55.6. The van der Waals surface area contributed by atoms with Gasteiger partial charge in [0.25, 0.3) is 0 Å². The summed E-state index contributed by atoms with van der Waals surface area (Å²) in [6.45, 7) is 6.45. The Labute approximate surface area is 427 Å². The number of allylic oxidation sites excluding steroid dienone is 12. The molecular formula is C63H110O6. The highest BCUT2D eigenvalue weighted by atomic mass is 16.6. The van der Waals surface area contributed by atoms with Gasteiger partial charge in [-0.1, -0.05) is 254 Å². The minimum Gasteiger partial charge on any atom is -0.462 e. The maximum absolute atomic E-state index is 12.7. The van der Waals surface area contributed by atoms with E-state index in [2.05, 4.69) is 93.7 Å². The number of hydrogen-bond acceptors (Lipinski definition) is 6. The van der Waals surface area contributed by atoms with Crippen LogP contribution in [-0.2, 0) is 28.6 Å². The molecule has 6 heteroatoms. The second-order valence-electron chi connectivity index (χ2n) is 19.5. The highest BCUT2D eigenvalue weighted by Gasteiger charge is 2.19. The van der Waals surface area contributed by atoms with Crippen molar-refractivity contribution >= 4 is 17.9 Å². The summed E-state index contributed by atoms with van der Waals surface area (Å²) in [5.74, 6) is -0.891. The second kappa shape index (κ2) is 57.4. The molecule has 0 saturated heterocycles. The molecule has 0 radical (unpaired) electrons. The fraction of sp³-hybridized carbons (Fsp3) is 0.762. The summed E-state index contributed by atoms with van der Waals surface area (Å²) in [7, 11) is 0. The molecule has 1 atom stereocenters. The van der Waals surface area contributed by atoms with Crippen LogP contribution in [0, 0.1) is 0 Å². The molecule has 6 nitrogen and oxygen atoms in total. The van der Waals surface area contributed by atoms with Gasteiger partial charge in [-0.25, -0.2) is 0 Å². The summed E-state index contributed by atoms with van der Waals surface area (Å²) >= 11 is 0. The topological polar surface area (TPSA) is 78.9 Å². The van der Waals surface area contributed by atoms with Gasteiger partial charge >= 0.3 is 17.9 Å². The first kappa shape index (κ1) is 65.8. The standard InChI is InChI=1S/C63H110O6/c1-4-7-10-13-15-17-19-21-23-24-25-26-27-28-29-30-31-32-33-34-35-36-37-38-40-41-43-45-47-50-53-56-62(65)68-59-60(58-67-61(64)55-52-49-12-9-6-3)69-63(66)57-54-51-48-46-44-42-39-22-20-18-16-14-11-8-5-2/h7,10,15,17,21-23,25-26,28-29,39,60H,4-6,8-9,11-14,16,18-20,24,27,30-38,40-59H2,1-3H3/b10-7-,17-15-,23-21-,26-25-,29-28-,39-22-. The quantitative estimate of drug-likeness (QED) is 0.0262. The molecular weight excluding hydrogens is 853 g/mol. The Bertz CT molecular complexity index is 1290. The van der Waals surface area contributed by atoms with Crippen LogP contribution in [0.3, 0.4) is 0 Å². The number of esters is 3. The van der Waals surface area contributed by atoms with Crippen LogP contribution < -0.4 is 0 Å². The maximum atomic E-state index is 12.7. The van der Waals surface area contributed by atoms with Crippen LogP contribution in [0.1, 0.15) is 290 Å². The second-order valence-corrected chi connectivity index (χ2v) is 19.5. The molecule has 0 bridgehead atoms. The molecule has 0 aliphatic rings. The normalized spacial score (nSPS) is 12.6. The van der Waals surface area contributed by atoms with Crippen molar-refractivity contribution in [2.75, 3.05) is 13.2 Å². The minimum absolute atomic E-state index is 0.0762. The fourth-order valence-electron chi connectivity index (χ4n) is 8.29. The number of hydrogen-bond donors (Lipinski definition) is 0. The number of carbonyl (C=O) groups excluding carboxylic acids is 3. The van der Waals surface area contributed by atoms with Gasteiger partial charge in [-0.05, 0) is 89.9 Å². The van der Waals surface area contributed by atoms with Crippen molar-refractivity contribution in [1.82, 2.24) is 0 Å². The summed E-state index contributed by atoms with van der Waals surface area (Å²) in [6, 6.07) is 0. The number of rotatable bonds is 53. The molecule has 0 heterocycles. The Morgan fingerprint density at radius 1 is 0.304 bits per heavy atom. The molecule has 0 N–H and O–H groups in total. The van der Waals surface area contributed by atoms with Gasteiger partial charge < -0.3 is 14.2 Å². The third-order valence-corrected chi connectivity index (χ3v) is 12.7. The zero-order chi connectivity index (χ0) is 50.0. The van der Waals surface area contributed by atoms with E-state index in [1.807, 2.05) is 0 Å². The van der Waals surface area contributed by atoms with E-state index in [1.54, 1.807) is 0 Å². The van der Waals surface area contributed by atoms with Crippen molar-refractivity contribution in [1.29, 1.82) is 0 Å². The molecule has 0 fully saturated rings. The van der Waals surface area contributed by atoms with Crippen LogP contribution in [0.5, 0.6) is 0 Å². The first-order chi connectivity index (χ1) is 34.0. The first-order valence-electron chi connectivity index (χ1n) is 29.4. The predicted molar refractivity (Wildman–Crippen MR) is 298 cm³/mol. The maximum Gasteiger partial charge on any atom is 0.306 e. The van der Waals surface area contributed by atoms with E-state index < -0.39 is 6.10 Å². The van der Waals surface area contributed by atoms with Crippen LogP contribution in [0.15, 0.2) is 72.9 Å². The molecule has 0 rings (SSSR count). The van der Waals surface area contributed by atoms with Gasteiger partial charge in [-0.2, -0.15) is 0 Å². The summed E-state index contributed by atoms with van der Waals surface area (Å²) in [5, 5.41) is 0. The molecule has 0 aromatic carbocycles. The highest BCUT2D eigenvalue weighted by Crippen LogP contribution is 2.16.